The molecular weight excluding hydrogens is 1200 g/mol. The number of benzene rings is 2. The first-order valence-electron chi connectivity index (χ1n) is 33.8. The van der Waals surface area contributed by atoms with Gasteiger partial charge in [-0.05, 0) is 152 Å². The van der Waals surface area contributed by atoms with Crippen LogP contribution < -0.4 is 9.47 Å². The second-order valence-electron chi connectivity index (χ2n) is 28.5. The largest absolute Gasteiger partial charge is 0.488 e. The molecule has 2 aromatic carbocycles. The highest BCUT2D eigenvalue weighted by molar-refractivity contribution is 5.94. The third-order valence-corrected chi connectivity index (χ3v) is 18.4. The fourth-order valence-corrected chi connectivity index (χ4v) is 12.9. The third-order valence-electron chi connectivity index (χ3n) is 18.4. The Hall–Kier alpha value is -7.78. The molecule has 0 radical (unpaired) electrons. The van der Waals surface area contributed by atoms with E-state index in [1.807, 2.05) is 153 Å². The monoisotopic (exact) mass is 1300 g/mol. The summed E-state index contributed by atoms with van der Waals surface area (Å²) < 4.78 is 40.4. The number of cyclic esters (lactones) is 4. The molecule has 0 spiro atoms. The molecule has 22 heteroatoms. The number of rotatable bonds is 20. The molecular formula is C72H104N8O14. The Labute approximate surface area is 556 Å². The first kappa shape index (κ1) is 73.6. The molecule has 0 bridgehead atoms. The number of likely N-dealkylation sites (N-methyl/N-ethyl adjacent to an activating group) is 4. The van der Waals surface area contributed by atoms with E-state index in [4.69, 9.17) is 28.4 Å². The van der Waals surface area contributed by atoms with Gasteiger partial charge in [0.2, 0.25) is 0 Å². The summed E-state index contributed by atoms with van der Waals surface area (Å²) in [5, 5.41) is 9.38. The van der Waals surface area contributed by atoms with Crippen LogP contribution in [0.1, 0.15) is 183 Å². The number of amides is 4. The Morgan fingerprint density at radius 3 is 0.957 bits per heavy atom. The normalized spacial score (nSPS) is 24.2. The van der Waals surface area contributed by atoms with Gasteiger partial charge in [-0.2, -0.15) is 10.2 Å². The average Bonchev–Trinajstić information content (AvgIpc) is 1.38. The highest BCUT2D eigenvalue weighted by atomic mass is 16.6. The van der Waals surface area contributed by atoms with Gasteiger partial charge in [0.05, 0.1) is 48.1 Å². The molecule has 0 unspecified atom stereocenters. The third kappa shape index (κ3) is 17.6. The Morgan fingerprint density at radius 2 is 0.702 bits per heavy atom. The molecule has 2 aromatic heterocycles. The number of hydrogen-bond donors (Lipinski definition) is 0. The lowest BCUT2D eigenvalue weighted by molar-refractivity contribution is -0.176. The molecule has 8 atom stereocenters. The van der Waals surface area contributed by atoms with Crippen molar-refractivity contribution in [3.63, 3.8) is 0 Å². The van der Waals surface area contributed by atoms with E-state index in [9.17, 15) is 28.8 Å². The summed E-state index contributed by atoms with van der Waals surface area (Å²) in [6, 6.07) is 10.1. The molecule has 94 heavy (non-hydrogen) atoms. The predicted octanol–water partition coefficient (Wildman–Crippen LogP) is 9.49. The highest BCUT2D eigenvalue weighted by Crippen LogP contribution is 2.46. The van der Waals surface area contributed by atoms with Crippen molar-refractivity contribution in [1.82, 2.24) is 39.2 Å². The van der Waals surface area contributed by atoms with E-state index in [2.05, 4.69) is 10.2 Å². The van der Waals surface area contributed by atoms with Gasteiger partial charge in [-0.25, -0.2) is 19.2 Å². The fraction of sp³-hybridized carbons (Fsp3) is 0.639. The minimum absolute atomic E-state index is 0.0372. The summed E-state index contributed by atoms with van der Waals surface area (Å²) >= 11 is 0. The molecule has 516 valence electrons. The summed E-state index contributed by atoms with van der Waals surface area (Å²) in [5.74, 6) is -6.19. The van der Waals surface area contributed by atoms with E-state index in [0.717, 1.165) is 59.5 Å². The molecule has 3 aliphatic rings. The van der Waals surface area contributed by atoms with Crippen LogP contribution in [0.3, 0.4) is 0 Å². The molecule has 4 aromatic rings. The maximum absolute atomic E-state index is 15.3. The zero-order valence-corrected chi connectivity index (χ0v) is 58.8. The fourth-order valence-electron chi connectivity index (χ4n) is 12.9. The van der Waals surface area contributed by atoms with Gasteiger partial charge in [0, 0.05) is 41.0 Å². The molecule has 4 amide bonds. The van der Waals surface area contributed by atoms with Crippen LogP contribution in [-0.2, 0) is 81.2 Å². The summed E-state index contributed by atoms with van der Waals surface area (Å²) in [7, 11) is 5.63. The Kier molecular flexibility index (Phi) is 24.8. The zero-order chi connectivity index (χ0) is 69.3. The van der Waals surface area contributed by atoms with E-state index < -0.39 is 107 Å². The van der Waals surface area contributed by atoms with Gasteiger partial charge in [-0.1, -0.05) is 104 Å². The predicted molar refractivity (Wildman–Crippen MR) is 353 cm³/mol. The van der Waals surface area contributed by atoms with Gasteiger partial charge >= 0.3 is 23.9 Å². The van der Waals surface area contributed by atoms with Crippen LogP contribution in [-0.4, -0.2) is 176 Å². The molecule has 7 rings (SSSR count). The summed E-state index contributed by atoms with van der Waals surface area (Å²) in [6.07, 6.45) is 6.30. The molecule has 22 nitrogen and oxygen atoms in total. The SMILES string of the molecule is CC(C)C[C@H]1C(=O)O[C@H](Cc2ccc(C3(n4cc(OC(C)C)cn4)CCC3)cc2)C(=O)N(C)[C@@H](CC(C)C)C(=O)O[C@H](C)C(=O)N(C)[C@@H](CC(C)C)C(=O)O[C@H](Cc2ccc(C3(n4cc(OC(C)C)cn4)CCC3)cc2)C(=O)N(C)[C@@H](CC(C)C)C(=O)O[C@H](C)C(=O)N1C. The first-order valence-corrected chi connectivity index (χ1v) is 33.8. The quantitative estimate of drug-likeness (QED) is 0.0591. The van der Waals surface area contributed by atoms with Crippen molar-refractivity contribution in [3.8, 4) is 11.5 Å². The number of nitrogens with zero attached hydrogens (tertiary/aromatic N) is 8. The van der Waals surface area contributed by atoms with E-state index in [1.54, 1.807) is 12.4 Å². The highest BCUT2D eigenvalue weighted by Gasteiger charge is 2.46. The van der Waals surface area contributed by atoms with Crippen molar-refractivity contribution < 1.29 is 66.8 Å². The van der Waals surface area contributed by atoms with E-state index in [1.165, 1.54) is 51.8 Å². The first-order chi connectivity index (χ1) is 44.2. The molecule has 2 saturated carbocycles. The van der Waals surface area contributed by atoms with Gasteiger partial charge in [-0.15, -0.1) is 0 Å². The van der Waals surface area contributed by atoms with Crippen LogP contribution in [0.25, 0.3) is 0 Å². The number of esters is 4. The second-order valence-corrected chi connectivity index (χ2v) is 28.5. The maximum atomic E-state index is 15.3. The van der Waals surface area contributed by atoms with Gasteiger partial charge in [-0.3, -0.25) is 28.5 Å². The van der Waals surface area contributed by atoms with E-state index in [-0.39, 0.29) is 74.4 Å². The number of aromatic nitrogens is 4. The van der Waals surface area contributed by atoms with Gasteiger partial charge in [0.25, 0.3) is 23.6 Å². The van der Waals surface area contributed by atoms with E-state index >= 15 is 9.59 Å². The van der Waals surface area contributed by atoms with Crippen LogP contribution in [0, 0.1) is 23.7 Å². The summed E-state index contributed by atoms with van der Waals surface area (Å²) in [5.41, 5.74) is 2.34. The summed E-state index contributed by atoms with van der Waals surface area (Å²) in [6.45, 7) is 25.5. The lowest BCUT2D eigenvalue weighted by atomic mass is 9.71. The van der Waals surface area contributed by atoms with E-state index in [0.29, 0.717) is 22.6 Å². The minimum Gasteiger partial charge on any atom is -0.488 e. The molecule has 3 heterocycles. The van der Waals surface area contributed by atoms with Crippen LogP contribution in [0.2, 0.25) is 0 Å². The standard InChI is InChI=1S/C72H104N8O14/c1-43(2)33-57-67(85)91-49(13)63(81)75(15)60(36-46(7)8)70(88)94-62(38-52-23-27-54(28-24-52)72(31-20-32-72)80-42-56(40-74-80)90-48(11)12)66(84)78(18)58(34-44(3)4)68(86)92-50(14)64(82)76(16)59(35-45(5)6)69(87)93-61(65(83)77(57)17)37-51-21-25-53(26-22-51)71(29-19-30-71)79-41-55(39-73-79)89-47(9)10/h21-28,39-50,57-62H,19-20,29-38H2,1-18H3/t49-,50-,57+,58+,59+,60+,61-,62-/m1/s1. The van der Waals surface area contributed by atoms with Crippen LogP contribution in [0.15, 0.2) is 73.3 Å². The number of hydrogen-bond acceptors (Lipinski definition) is 16. The van der Waals surface area contributed by atoms with Crippen LogP contribution >= 0.6 is 0 Å². The van der Waals surface area contributed by atoms with Crippen molar-refractivity contribution in [3.05, 3.63) is 95.6 Å². The molecule has 1 saturated heterocycles. The maximum Gasteiger partial charge on any atom is 0.329 e. The van der Waals surface area contributed by atoms with Gasteiger partial charge < -0.3 is 48.0 Å². The smallest absolute Gasteiger partial charge is 0.329 e. The molecule has 1 aliphatic heterocycles. The second kappa shape index (κ2) is 31.6. The van der Waals surface area contributed by atoms with Crippen molar-refractivity contribution in [1.29, 1.82) is 0 Å². The number of ether oxygens (including phenoxy) is 6. The molecule has 2 aliphatic carbocycles. The topological polar surface area (TPSA) is 241 Å². The van der Waals surface area contributed by atoms with Crippen molar-refractivity contribution >= 4 is 47.5 Å². The van der Waals surface area contributed by atoms with Gasteiger partial charge in [0.15, 0.2) is 35.9 Å². The van der Waals surface area contributed by atoms with Crippen molar-refractivity contribution in [2.75, 3.05) is 28.2 Å². The zero-order valence-electron chi connectivity index (χ0n) is 58.8. The molecule has 0 N–H and O–H groups in total. The minimum atomic E-state index is -1.56. The average molecular weight is 1310 g/mol. The van der Waals surface area contributed by atoms with Crippen LogP contribution in [0.5, 0.6) is 11.5 Å². The Balaban J connectivity index is 1.25. The number of carbonyl (C=O) groups is 8. The lowest BCUT2D eigenvalue weighted by Gasteiger charge is -2.42. The Bertz CT molecular complexity index is 3020. The summed E-state index contributed by atoms with van der Waals surface area (Å²) in [4.78, 5) is 124. The lowest BCUT2D eigenvalue weighted by Crippen LogP contribution is -2.55. The number of carbonyl (C=O) groups excluding carboxylic acids is 8. The Morgan fingerprint density at radius 1 is 0.426 bits per heavy atom. The molecule has 3 fully saturated rings. The van der Waals surface area contributed by atoms with Crippen molar-refractivity contribution in [2.24, 2.45) is 23.7 Å². The van der Waals surface area contributed by atoms with Crippen LogP contribution in [0.4, 0.5) is 0 Å². The van der Waals surface area contributed by atoms with Gasteiger partial charge in [0.1, 0.15) is 24.2 Å². The van der Waals surface area contributed by atoms with Crippen molar-refractivity contribution in [2.45, 2.75) is 246 Å².